The molecule has 0 amide bonds. The quantitative estimate of drug-likeness (QED) is 0.603. The predicted octanol–water partition coefficient (Wildman–Crippen LogP) is 1.56. The number of hydrogen-bond donors (Lipinski definition) is 1. The number of nitro groups is 1. The smallest absolute Gasteiger partial charge is 0.293 e. The lowest BCUT2D eigenvalue weighted by atomic mass is 10.3. The Balaban J connectivity index is 3.28. The van der Waals surface area contributed by atoms with Crippen molar-refractivity contribution >= 4 is 21.4 Å². The topological polar surface area (TPSA) is 116 Å². The maximum absolute atomic E-state index is 12.4. The lowest BCUT2D eigenvalue weighted by Gasteiger charge is -2.19. The number of anilines is 1. The summed E-state index contributed by atoms with van der Waals surface area (Å²) in [5, 5.41) is 22.2. The van der Waals surface area contributed by atoms with Gasteiger partial charge in [-0.25, -0.2) is 8.42 Å². The highest BCUT2D eigenvalue weighted by atomic mass is 32.2. The third-order valence-corrected chi connectivity index (χ3v) is 4.87. The Morgan fingerprint density at radius 2 is 2.14 bits per heavy atom. The summed E-state index contributed by atoms with van der Waals surface area (Å²) in [6.45, 7) is 1.88. The largest absolute Gasteiger partial charge is 0.383 e. The standard InChI is InChI=1S/C12H16N4O4S/c1-3-15(8-4-7-13)21(19,20)10-5-6-11(14-2)12(9-10)16(17)18/h5-6,9,14H,3-4,8H2,1-2H3. The Bertz CT molecular complexity index is 666. The van der Waals surface area contributed by atoms with E-state index in [2.05, 4.69) is 5.32 Å². The van der Waals surface area contributed by atoms with Crippen LogP contribution in [0.5, 0.6) is 0 Å². The van der Waals surface area contributed by atoms with Gasteiger partial charge in [0.2, 0.25) is 10.0 Å². The first kappa shape index (κ1) is 16.9. The fourth-order valence-corrected chi connectivity index (χ4v) is 3.28. The van der Waals surface area contributed by atoms with Crippen molar-refractivity contribution in [3.05, 3.63) is 28.3 Å². The molecule has 1 aromatic rings. The van der Waals surface area contributed by atoms with Crippen molar-refractivity contribution in [3.8, 4) is 6.07 Å². The Labute approximate surface area is 123 Å². The maximum atomic E-state index is 12.4. The fraction of sp³-hybridized carbons (Fsp3) is 0.417. The molecule has 114 valence electrons. The average molecular weight is 312 g/mol. The molecule has 0 radical (unpaired) electrons. The monoisotopic (exact) mass is 312 g/mol. The number of nitriles is 1. The van der Waals surface area contributed by atoms with Crippen LogP contribution in [0.2, 0.25) is 0 Å². The molecule has 1 aromatic carbocycles. The van der Waals surface area contributed by atoms with Crippen LogP contribution < -0.4 is 5.32 Å². The Kier molecular flexibility index (Phi) is 5.63. The van der Waals surface area contributed by atoms with Gasteiger partial charge >= 0.3 is 0 Å². The van der Waals surface area contributed by atoms with Crippen LogP contribution in [0.1, 0.15) is 13.3 Å². The molecule has 0 aliphatic heterocycles. The number of nitrogens with one attached hydrogen (secondary N) is 1. The Morgan fingerprint density at radius 1 is 1.48 bits per heavy atom. The van der Waals surface area contributed by atoms with E-state index in [4.69, 9.17) is 5.26 Å². The van der Waals surface area contributed by atoms with Crippen LogP contribution in [0.3, 0.4) is 0 Å². The van der Waals surface area contributed by atoms with E-state index in [1.54, 1.807) is 6.92 Å². The van der Waals surface area contributed by atoms with E-state index in [-0.39, 0.29) is 35.8 Å². The minimum Gasteiger partial charge on any atom is -0.383 e. The van der Waals surface area contributed by atoms with E-state index in [0.717, 1.165) is 10.4 Å². The van der Waals surface area contributed by atoms with E-state index >= 15 is 0 Å². The number of rotatable bonds is 7. The van der Waals surface area contributed by atoms with E-state index < -0.39 is 14.9 Å². The van der Waals surface area contributed by atoms with Crippen LogP contribution in [-0.4, -0.2) is 37.8 Å². The minimum atomic E-state index is -3.85. The van der Waals surface area contributed by atoms with Crippen molar-refractivity contribution in [2.45, 2.75) is 18.2 Å². The lowest BCUT2D eigenvalue weighted by Crippen LogP contribution is -2.31. The van der Waals surface area contributed by atoms with Crippen molar-refractivity contribution < 1.29 is 13.3 Å². The number of nitro benzene ring substituents is 1. The van der Waals surface area contributed by atoms with Crippen LogP contribution in [0.25, 0.3) is 0 Å². The van der Waals surface area contributed by atoms with Crippen LogP contribution in [0.4, 0.5) is 11.4 Å². The summed E-state index contributed by atoms with van der Waals surface area (Å²) in [6.07, 6.45) is 0.0593. The van der Waals surface area contributed by atoms with Crippen molar-refractivity contribution in [1.29, 1.82) is 5.26 Å². The summed E-state index contributed by atoms with van der Waals surface area (Å²) in [4.78, 5) is 10.2. The third-order valence-electron chi connectivity index (χ3n) is 2.90. The Morgan fingerprint density at radius 3 is 2.62 bits per heavy atom. The molecule has 0 fully saturated rings. The molecule has 0 aliphatic rings. The molecule has 0 saturated carbocycles. The van der Waals surface area contributed by atoms with Crippen LogP contribution in [0, 0.1) is 21.4 Å². The van der Waals surface area contributed by atoms with Gasteiger partial charge in [0.05, 0.1) is 15.9 Å². The first-order valence-electron chi connectivity index (χ1n) is 6.21. The first-order chi connectivity index (χ1) is 9.88. The minimum absolute atomic E-state index is 0.0525. The normalized spacial score (nSPS) is 11.1. The highest BCUT2D eigenvalue weighted by molar-refractivity contribution is 7.89. The van der Waals surface area contributed by atoms with Crippen molar-refractivity contribution in [1.82, 2.24) is 4.31 Å². The molecular formula is C12H16N4O4S. The average Bonchev–Trinajstić information content (AvgIpc) is 2.46. The van der Waals surface area contributed by atoms with Gasteiger partial charge < -0.3 is 5.32 Å². The van der Waals surface area contributed by atoms with E-state index in [9.17, 15) is 18.5 Å². The van der Waals surface area contributed by atoms with Crippen molar-refractivity contribution in [2.24, 2.45) is 0 Å². The maximum Gasteiger partial charge on any atom is 0.293 e. The van der Waals surface area contributed by atoms with Gasteiger partial charge in [-0.2, -0.15) is 9.57 Å². The van der Waals surface area contributed by atoms with Gasteiger partial charge in [-0.05, 0) is 12.1 Å². The number of nitrogens with zero attached hydrogens (tertiary/aromatic N) is 3. The van der Waals surface area contributed by atoms with Crippen LogP contribution in [-0.2, 0) is 10.0 Å². The third kappa shape index (κ3) is 3.68. The van der Waals surface area contributed by atoms with Crippen molar-refractivity contribution in [3.63, 3.8) is 0 Å². The summed E-state index contributed by atoms with van der Waals surface area (Å²) in [5.74, 6) is 0. The predicted molar refractivity (Wildman–Crippen MR) is 77.3 cm³/mol. The van der Waals surface area contributed by atoms with E-state index in [1.165, 1.54) is 19.2 Å². The van der Waals surface area contributed by atoms with Gasteiger partial charge in [0.25, 0.3) is 5.69 Å². The van der Waals surface area contributed by atoms with Gasteiger partial charge in [-0.1, -0.05) is 6.92 Å². The zero-order valence-corrected chi connectivity index (χ0v) is 12.6. The molecule has 0 aliphatic carbocycles. The zero-order chi connectivity index (χ0) is 16.0. The van der Waals surface area contributed by atoms with Crippen LogP contribution >= 0.6 is 0 Å². The first-order valence-corrected chi connectivity index (χ1v) is 7.65. The summed E-state index contributed by atoms with van der Waals surface area (Å²) in [5.41, 5.74) is -0.0751. The summed E-state index contributed by atoms with van der Waals surface area (Å²) in [6, 6.07) is 5.56. The second kappa shape index (κ2) is 7.01. The van der Waals surface area contributed by atoms with E-state index in [1.807, 2.05) is 6.07 Å². The van der Waals surface area contributed by atoms with Gasteiger partial charge in [0.1, 0.15) is 5.69 Å². The molecule has 0 aromatic heterocycles. The highest BCUT2D eigenvalue weighted by Crippen LogP contribution is 2.28. The molecular weight excluding hydrogens is 296 g/mol. The zero-order valence-electron chi connectivity index (χ0n) is 11.7. The molecule has 0 heterocycles. The van der Waals surface area contributed by atoms with Gasteiger partial charge in [-0.15, -0.1) is 0 Å². The molecule has 9 heteroatoms. The summed E-state index contributed by atoms with van der Waals surface area (Å²) >= 11 is 0. The summed E-state index contributed by atoms with van der Waals surface area (Å²) in [7, 11) is -2.34. The van der Waals surface area contributed by atoms with Crippen molar-refractivity contribution in [2.75, 3.05) is 25.5 Å². The second-order valence-electron chi connectivity index (χ2n) is 4.09. The number of benzene rings is 1. The number of hydrogen-bond acceptors (Lipinski definition) is 6. The molecule has 1 N–H and O–H groups in total. The highest BCUT2D eigenvalue weighted by Gasteiger charge is 2.26. The molecule has 0 bridgehead atoms. The van der Waals surface area contributed by atoms with Gasteiger partial charge in [0, 0.05) is 32.6 Å². The lowest BCUT2D eigenvalue weighted by molar-refractivity contribution is -0.384. The Hall–Kier alpha value is -2.18. The molecule has 0 unspecified atom stereocenters. The van der Waals surface area contributed by atoms with Crippen LogP contribution in [0.15, 0.2) is 23.1 Å². The molecule has 21 heavy (non-hydrogen) atoms. The number of sulfonamides is 1. The molecule has 0 atom stereocenters. The fourth-order valence-electron chi connectivity index (χ4n) is 1.81. The SMILES string of the molecule is CCN(CCC#N)S(=O)(=O)c1ccc(NC)c([N+](=O)[O-])c1. The molecule has 8 nitrogen and oxygen atoms in total. The molecule has 0 spiro atoms. The van der Waals surface area contributed by atoms with E-state index in [0.29, 0.717) is 0 Å². The second-order valence-corrected chi connectivity index (χ2v) is 6.03. The molecule has 0 saturated heterocycles. The van der Waals surface area contributed by atoms with Gasteiger partial charge in [0.15, 0.2) is 0 Å². The molecule has 1 rings (SSSR count). The van der Waals surface area contributed by atoms with Gasteiger partial charge in [-0.3, -0.25) is 10.1 Å². The summed E-state index contributed by atoms with van der Waals surface area (Å²) < 4.78 is 26.0.